The molecule has 7 nitrogen and oxygen atoms in total. The predicted molar refractivity (Wildman–Crippen MR) is 84.2 cm³/mol. The fourth-order valence-corrected chi connectivity index (χ4v) is 3.39. The molecule has 23 heavy (non-hydrogen) atoms. The Labute approximate surface area is 132 Å². The lowest BCUT2D eigenvalue weighted by Crippen LogP contribution is -2.44. The quantitative estimate of drug-likeness (QED) is 0.765. The van der Waals surface area contributed by atoms with Gasteiger partial charge in [-0.05, 0) is 24.1 Å². The second-order valence-corrected chi connectivity index (χ2v) is 6.28. The summed E-state index contributed by atoms with van der Waals surface area (Å²) in [7, 11) is 1.72. The predicted octanol–water partition coefficient (Wildman–Crippen LogP) is 0.00450. The second kappa shape index (κ2) is 5.06. The number of fused-ring (bicyclic) bond motifs is 1. The van der Waals surface area contributed by atoms with Crippen molar-refractivity contribution >= 4 is 22.8 Å². The highest BCUT2D eigenvalue weighted by molar-refractivity contribution is 6.00. The first-order valence-electron chi connectivity index (χ1n) is 7.81. The van der Waals surface area contributed by atoms with Crippen molar-refractivity contribution in [3.63, 3.8) is 0 Å². The van der Waals surface area contributed by atoms with E-state index in [4.69, 9.17) is 0 Å². The van der Waals surface area contributed by atoms with Crippen LogP contribution in [0.4, 0.5) is 0 Å². The molecule has 3 heterocycles. The van der Waals surface area contributed by atoms with Gasteiger partial charge in [0.2, 0.25) is 11.8 Å². The van der Waals surface area contributed by atoms with Crippen molar-refractivity contribution < 1.29 is 9.59 Å². The Morgan fingerprint density at radius 1 is 1.13 bits per heavy atom. The van der Waals surface area contributed by atoms with Gasteiger partial charge in [0.1, 0.15) is 6.04 Å². The van der Waals surface area contributed by atoms with Gasteiger partial charge >= 0.3 is 5.69 Å². The molecule has 2 fully saturated rings. The number of nitrogens with zero attached hydrogens (tertiary/aromatic N) is 2. The SMILES string of the molecule is Cn1c(=O)n(C2CCC(=O)NC2=O)c2ccc(C3CNC3)cc21. The maximum absolute atomic E-state index is 12.6. The van der Waals surface area contributed by atoms with E-state index in [1.54, 1.807) is 11.6 Å². The van der Waals surface area contributed by atoms with E-state index in [2.05, 4.69) is 10.6 Å². The van der Waals surface area contributed by atoms with Gasteiger partial charge in [0, 0.05) is 32.5 Å². The number of rotatable bonds is 2. The van der Waals surface area contributed by atoms with Crippen molar-refractivity contribution in [1.29, 1.82) is 0 Å². The van der Waals surface area contributed by atoms with Gasteiger partial charge < -0.3 is 5.32 Å². The van der Waals surface area contributed by atoms with E-state index < -0.39 is 11.9 Å². The maximum atomic E-state index is 12.6. The van der Waals surface area contributed by atoms with Crippen molar-refractivity contribution in [3.8, 4) is 0 Å². The number of benzene rings is 1. The first kappa shape index (κ1) is 14.2. The van der Waals surface area contributed by atoms with Gasteiger partial charge in [-0.3, -0.25) is 24.0 Å². The lowest BCUT2D eigenvalue weighted by Gasteiger charge is -2.27. The highest BCUT2D eigenvalue weighted by Crippen LogP contribution is 2.27. The topological polar surface area (TPSA) is 85.1 Å². The van der Waals surface area contributed by atoms with Gasteiger partial charge in [-0.1, -0.05) is 6.07 Å². The third-order valence-corrected chi connectivity index (χ3v) is 4.89. The zero-order chi connectivity index (χ0) is 16.1. The first-order valence-corrected chi connectivity index (χ1v) is 7.81. The monoisotopic (exact) mass is 314 g/mol. The zero-order valence-corrected chi connectivity index (χ0v) is 12.8. The average molecular weight is 314 g/mol. The molecule has 2 N–H and O–H groups in total. The second-order valence-electron chi connectivity index (χ2n) is 6.28. The zero-order valence-electron chi connectivity index (χ0n) is 12.8. The van der Waals surface area contributed by atoms with Crippen LogP contribution < -0.4 is 16.3 Å². The summed E-state index contributed by atoms with van der Waals surface area (Å²) in [6.45, 7) is 1.90. The Morgan fingerprint density at radius 3 is 2.57 bits per heavy atom. The number of hydrogen-bond donors (Lipinski definition) is 2. The summed E-state index contributed by atoms with van der Waals surface area (Å²) >= 11 is 0. The molecule has 0 bridgehead atoms. The van der Waals surface area contributed by atoms with Crippen molar-refractivity contribution in [2.75, 3.05) is 13.1 Å². The van der Waals surface area contributed by atoms with Crippen molar-refractivity contribution in [2.45, 2.75) is 24.8 Å². The molecular formula is C16H18N4O3. The third kappa shape index (κ3) is 2.11. The van der Waals surface area contributed by atoms with Crippen LogP contribution in [0, 0.1) is 0 Å². The fraction of sp³-hybridized carbons (Fsp3) is 0.438. The molecule has 7 heteroatoms. The van der Waals surface area contributed by atoms with Crippen LogP contribution >= 0.6 is 0 Å². The van der Waals surface area contributed by atoms with Gasteiger partial charge in [0.15, 0.2) is 0 Å². The Morgan fingerprint density at radius 2 is 1.91 bits per heavy atom. The van der Waals surface area contributed by atoms with Crippen LogP contribution in [0.1, 0.15) is 30.4 Å². The number of aromatic nitrogens is 2. The molecule has 2 amide bonds. The summed E-state index contributed by atoms with van der Waals surface area (Å²) in [4.78, 5) is 36.1. The molecule has 1 atom stereocenters. The standard InChI is InChI=1S/C16H18N4O3/c1-19-13-6-9(10-7-17-8-10)2-3-11(13)20(16(19)23)12-4-5-14(21)18-15(12)22/h2-3,6,10,12,17H,4-5,7-8H2,1H3,(H,18,21,22). The molecule has 2 aliphatic heterocycles. The molecule has 0 spiro atoms. The number of carbonyl (C=O) groups excluding carboxylic acids is 2. The summed E-state index contributed by atoms with van der Waals surface area (Å²) in [6, 6.07) is 5.34. The van der Waals surface area contributed by atoms with E-state index in [9.17, 15) is 14.4 Å². The largest absolute Gasteiger partial charge is 0.329 e. The number of hydrogen-bond acceptors (Lipinski definition) is 4. The van der Waals surface area contributed by atoms with Crippen LogP contribution in [-0.4, -0.2) is 34.0 Å². The number of imidazole rings is 1. The number of aryl methyl sites for hydroxylation is 1. The van der Waals surface area contributed by atoms with Crippen molar-refractivity contribution in [3.05, 3.63) is 34.2 Å². The summed E-state index contributed by atoms with van der Waals surface area (Å²) in [5.74, 6) is -0.198. The lowest BCUT2D eigenvalue weighted by molar-refractivity contribution is -0.135. The average Bonchev–Trinajstić information content (AvgIpc) is 2.70. The van der Waals surface area contributed by atoms with Crippen LogP contribution in [0.25, 0.3) is 11.0 Å². The molecule has 2 aromatic rings. The van der Waals surface area contributed by atoms with Crippen LogP contribution in [0.15, 0.2) is 23.0 Å². The van der Waals surface area contributed by atoms with Crippen molar-refractivity contribution in [2.24, 2.45) is 7.05 Å². The number of imide groups is 1. The number of amides is 2. The van der Waals surface area contributed by atoms with Gasteiger partial charge in [-0.2, -0.15) is 0 Å². The lowest BCUT2D eigenvalue weighted by atomic mass is 9.93. The third-order valence-electron chi connectivity index (χ3n) is 4.89. The molecule has 0 aliphatic carbocycles. The van der Waals surface area contributed by atoms with E-state index >= 15 is 0 Å². The van der Waals surface area contributed by atoms with Gasteiger partial charge in [0.05, 0.1) is 11.0 Å². The number of carbonyl (C=O) groups is 2. The molecule has 4 rings (SSSR count). The van der Waals surface area contributed by atoms with Crippen LogP contribution in [0.3, 0.4) is 0 Å². The Hall–Kier alpha value is -2.41. The molecule has 2 saturated heterocycles. The summed E-state index contributed by atoms with van der Waals surface area (Å²) in [6.07, 6.45) is 0.614. The molecule has 1 unspecified atom stereocenters. The molecule has 0 saturated carbocycles. The van der Waals surface area contributed by atoms with E-state index in [-0.39, 0.29) is 18.0 Å². The summed E-state index contributed by atoms with van der Waals surface area (Å²) < 4.78 is 3.09. The normalized spacial score (nSPS) is 22.2. The Kier molecular flexibility index (Phi) is 3.12. The van der Waals surface area contributed by atoms with Gasteiger partial charge in [0.25, 0.3) is 0 Å². The molecule has 1 aromatic carbocycles. The number of nitrogens with one attached hydrogen (secondary N) is 2. The Balaban J connectivity index is 1.83. The first-order chi connectivity index (χ1) is 11.1. The van der Waals surface area contributed by atoms with Gasteiger partial charge in [-0.25, -0.2) is 4.79 Å². The summed E-state index contributed by atoms with van der Waals surface area (Å²) in [5, 5.41) is 5.56. The molecular weight excluding hydrogens is 296 g/mol. The van der Waals surface area contributed by atoms with E-state index in [1.165, 1.54) is 10.1 Å². The van der Waals surface area contributed by atoms with Crippen LogP contribution in [-0.2, 0) is 16.6 Å². The fourth-order valence-electron chi connectivity index (χ4n) is 3.39. The maximum Gasteiger partial charge on any atom is 0.329 e. The van der Waals surface area contributed by atoms with E-state index in [0.29, 0.717) is 12.3 Å². The minimum Gasteiger partial charge on any atom is -0.315 e. The van der Waals surface area contributed by atoms with Crippen LogP contribution in [0.2, 0.25) is 0 Å². The highest BCUT2D eigenvalue weighted by Gasteiger charge is 2.31. The van der Waals surface area contributed by atoms with Crippen molar-refractivity contribution in [1.82, 2.24) is 19.8 Å². The van der Waals surface area contributed by atoms with E-state index in [0.717, 1.165) is 24.1 Å². The Bertz CT molecular complexity index is 875. The van der Waals surface area contributed by atoms with Crippen LogP contribution in [0.5, 0.6) is 0 Å². The molecule has 2 aliphatic rings. The smallest absolute Gasteiger partial charge is 0.315 e. The summed E-state index contributed by atoms with van der Waals surface area (Å²) in [5.41, 5.74) is 2.54. The van der Waals surface area contributed by atoms with Gasteiger partial charge in [-0.15, -0.1) is 0 Å². The molecule has 0 radical (unpaired) electrons. The van der Waals surface area contributed by atoms with E-state index in [1.807, 2.05) is 18.2 Å². The molecule has 1 aromatic heterocycles. The minimum absolute atomic E-state index is 0.224. The molecule has 120 valence electrons. The number of piperidine rings is 1. The minimum atomic E-state index is -0.625. The highest BCUT2D eigenvalue weighted by atomic mass is 16.2.